The molecule has 0 unspecified atom stereocenters. The van der Waals surface area contributed by atoms with Crippen LogP contribution in [0.5, 0.6) is 0 Å². The van der Waals surface area contributed by atoms with E-state index in [0.29, 0.717) is 5.56 Å². The van der Waals surface area contributed by atoms with Crippen LogP contribution in [0.15, 0.2) is 66.7 Å². The fourth-order valence-corrected chi connectivity index (χ4v) is 3.90. The highest BCUT2D eigenvalue weighted by molar-refractivity contribution is 6.05. The molecule has 4 rings (SSSR count). The molecule has 0 atom stereocenters. The van der Waals surface area contributed by atoms with Crippen LogP contribution in [-0.4, -0.2) is 11.1 Å². The van der Waals surface area contributed by atoms with Gasteiger partial charge in [0.1, 0.15) is 0 Å². The van der Waals surface area contributed by atoms with Crippen molar-refractivity contribution in [2.75, 3.05) is 0 Å². The molecule has 0 aromatic heterocycles. The predicted molar refractivity (Wildman–Crippen MR) is 107 cm³/mol. The topological polar surface area (TPSA) is 37.3 Å². The van der Waals surface area contributed by atoms with Crippen molar-refractivity contribution in [3.05, 3.63) is 94.5 Å². The van der Waals surface area contributed by atoms with E-state index in [9.17, 15) is 9.90 Å². The van der Waals surface area contributed by atoms with Crippen molar-refractivity contribution >= 4 is 27.5 Å². The van der Waals surface area contributed by atoms with E-state index < -0.39 is 5.97 Å². The van der Waals surface area contributed by atoms with Gasteiger partial charge in [0.15, 0.2) is 0 Å². The van der Waals surface area contributed by atoms with E-state index in [1.54, 1.807) is 6.07 Å². The van der Waals surface area contributed by atoms with E-state index >= 15 is 0 Å². The van der Waals surface area contributed by atoms with E-state index in [1.165, 1.54) is 21.9 Å². The molecule has 0 saturated heterocycles. The molecule has 0 radical (unpaired) electrons. The molecule has 0 fully saturated rings. The van der Waals surface area contributed by atoms with Gasteiger partial charge in [-0.15, -0.1) is 0 Å². The molecule has 4 aromatic carbocycles. The molecule has 0 aliphatic heterocycles. The van der Waals surface area contributed by atoms with Gasteiger partial charge in [0, 0.05) is 0 Å². The Morgan fingerprint density at radius 3 is 2.15 bits per heavy atom. The van der Waals surface area contributed by atoms with Gasteiger partial charge >= 0.3 is 5.97 Å². The third-order valence-corrected chi connectivity index (χ3v) is 5.18. The lowest BCUT2D eigenvalue weighted by atomic mass is 9.91. The first-order valence-electron chi connectivity index (χ1n) is 8.78. The first-order chi connectivity index (χ1) is 12.6. The minimum absolute atomic E-state index is 0.362. The molecular weight excluding hydrogens is 320 g/mol. The highest BCUT2D eigenvalue weighted by Crippen LogP contribution is 2.30. The summed E-state index contributed by atoms with van der Waals surface area (Å²) in [5.41, 5.74) is 5.17. The van der Waals surface area contributed by atoms with E-state index in [2.05, 4.69) is 49.4 Å². The second-order valence-corrected chi connectivity index (χ2v) is 6.84. The summed E-state index contributed by atoms with van der Waals surface area (Å²) in [7, 11) is 0. The van der Waals surface area contributed by atoms with Gasteiger partial charge in [-0.05, 0) is 70.1 Å². The zero-order chi connectivity index (χ0) is 18.3. The summed E-state index contributed by atoms with van der Waals surface area (Å²) in [4.78, 5) is 11.6. The summed E-state index contributed by atoms with van der Waals surface area (Å²) in [5, 5.41) is 13.9. The average molecular weight is 340 g/mol. The van der Waals surface area contributed by atoms with Crippen molar-refractivity contribution in [3.8, 4) is 0 Å². The van der Waals surface area contributed by atoms with Gasteiger partial charge in [-0.1, -0.05) is 60.7 Å². The normalized spacial score (nSPS) is 11.2. The Morgan fingerprint density at radius 2 is 1.38 bits per heavy atom. The fourth-order valence-electron chi connectivity index (χ4n) is 3.90. The van der Waals surface area contributed by atoms with Crippen LogP contribution in [0.25, 0.3) is 21.5 Å². The van der Waals surface area contributed by atoms with Gasteiger partial charge < -0.3 is 5.11 Å². The molecule has 128 valence electrons. The Kier molecular flexibility index (Phi) is 3.96. The third kappa shape index (κ3) is 2.64. The minimum atomic E-state index is -0.882. The van der Waals surface area contributed by atoms with Crippen molar-refractivity contribution in [3.63, 3.8) is 0 Å². The SMILES string of the molecule is Cc1cccc2c(Cc3cccc4c(C(=O)O)ccc(C)c34)cccc12. The van der Waals surface area contributed by atoms with Gasteiger partial charge in [-0.25, -0.2) is 4.79 Å². The summed E-state index contributed by atoms with van der Waals surface area (Å²) >= 11 is 0. The zero-order valence-corrected chi connectivity index (χ0v) is 14.9. The number of hydrogen-bond acceptors (Lipinski definition) is 1. The highest BCUT2D eigenvalue weighted by Gasteiger charge is 2.13. The summed E-state index contributed by atoms with van der Waals surface area (Å²) < 4.78 is 0. The smallest absolute Gasteiger partial charge is 0.336 e. The maximum absolute atomic E-state index is 11.6. The first kappa shape index (κ1) is 16.3. The lowest BCUT2D eigenvalue weighted by Gasteiger charge is -2.13. The molecule has 4 aromatic rings. The van der Waals surface area contributed by atoms with Crippen molar-refractivity contribution in [2.24, 2.45) is 0 Å². The second-order valence-electron chi connectivity index (χ2n) is 6.84. The Morgan fingerprint density at radius 1 is 0.731 bits per heavy atom. The Labute approximate surface area is 152 Å². The van der Waals surface area contributed by atoms with Gasteiger partial charge in [-0.3, -0.25) is 0 Å². The number of fused-ring (bicyclic) bond motifs is 2. The molecule has 1 N–H and O–H groups in total. The van der Waals surface area contributed by atoms with E-state index in [-0.39, 0.29) is 0 Å². The number of carboxylic acid groups (broad SMARTS) is 1. The van der Waals surface area contributed by atoms with Crippen molar-refractivity contribution in [1.29, 1.82) is 0 Å². The van der Waals surface area contributed by atoms with Crippen LogP contribution in [0.3, 0.4) is 0 Å². The van der Waals surface area contributed by atoms with Crippen molar-refractivity contribution < 1.29 is 9.90 Å². The Balaban J connectivity index is 1.93. The van der Waals surface area contributed by atoms with Crippen LogP contribution in [-0.2, 0) is 6.42 Å². The number of carbonyl (C=O) groups is 1. The highest BCUT2D eigenvalue weighted by atomic mass is 16.4. The minimum Gasteiger partial charge on any atom is -0.478 e. The first-order valence-corrected chi connectivity index (χ1v) is 8.78. The van der Waals surface area contributed by atoms with Crippen LogP contribution < -0.4 is 0 Å². The number of hydrogen-bond donors (Lipinski definition) is 1. The fraction of sp³-hybridized carbons (Fsp3) is 0.125. The van der Waals surface area contributed by atoms with Crippen LogP contribution in [0.4, 0.5) is 0 Å². The molecule has 0 bridgehead atoms. The molecule has 0 spiro atoms. The number of aromatic carboxylic acids is 1. The number of benzene rings is 4. The molecule has 26 heavy (non-hydrogen) atoms. The molecular formula is C24H20O2. The largest absolute Gasteiger partial charge is 0.478 e. The summed E-state index contributed by atoms with van der Waals surface area (Å²) in [6, 6.07) is 22.4. The third-order valence-electron chi connectivity index (χ3n) is 5.18. The van der Waals surface area contributed by atoms with Crippen LogP contribution in [0.1, 0.15) is 32.6 Å². The molecule has 0 saturated carbocycles. The molecule has 2 heteroatoms. The van der Waals surface area contributed by atoms with E-state index in [1.807, 2.05) is 25.1 Å². The Hall–Kier alpha value is -3.13. The predicted octanol–water partition coefficient (Wildman–Crippen LogP) is 5.90. The molecule has 2 nitrogen and oxygen atoms in total. The monoisotopic (exact) mass is 340 g/mol. The average Bonchev–Trinajstić information content (AvgIpc) is 2.63. The lowest BCUT2D eigenvalue weighted by molar-refractivity contribution is 0.0699. The van der Waals surface area contributed by atoms with Crippen LogP contribution >= 0.6 is 0 Å². The summed E-state index contributed by atoms with van der Waals surface area (Å²) in [6.45, 7) is 4.18. The summed E-state index contributed by atoms with van der Waals surface area (Å²) in [6.07, 6.45) is 0.780. The maximum Gasteiger partial charge on any atom is 0.336 e. The Bertz CT molecular complexity index is 1160. The van der Waals surface area contributed by atoms with Gasteiger partial charge in [-0.2, -0.15) is 0 Å². The van der Waals surface area contributed by atoms with Gasteiger partial charge in [0.05, 0.1) is 5.56 Å². The second kappa shape index (κ2) is 6.30. The standard InChI is InChI=1S/C24H20O2/c1-15-6-3-10-20-17(7-4-9-19(15)20)14-18-8-5-11-21-22(24(25)26)13-12-16(2)23(18)21/h3-13H,14H2,1-2H3,(H,25,26). The molecule has 0 amide bonds. The van der Waals surface area contributed by atoms with Gasteiger partial charge in [0.25, 0.3) is 0 Å². The van der Waals surface area contributed by atoms with Crippen LogP contribution in [0.2, 0.25) is 0 Å². The van der Waals surface area contributed by atoms with E-state index in [4.69, 9.17) is 0 Å². The van der Waals surface area contributed by atoms with Crippen molar-refractivity contribution in [2.45, 2.75) is 20.3 Å². The maximum atomic E-state index is 11.6. The number of carboxylic acids is 1. The van der Waals surface area contributed by atoms with Crippen LogP contribution in [0, 0.1) is 13.8 Å². The molecule has 0 aliphatic carbocycles. The summed E-state index contributed by atoms with van der Waals surface area (Å²) in [5.74, 6) is -0.882. The zero-order valence-electron chi connectivity index (χ0n) is 14.9. The quantitative estimate of drug-likeness (QED) is 0.504. The van der Waals surface area contributed by atoms with Crippen molar-refractivity contribution in [1.82, 2.24) is 0 Å². The molecule has 0 aliphatic rings. The number of rotatable bonds is 3. The molecule has 0 heterocycles. The lowest BCUT2D eigenvalue weighted by Crippen LogP contribution is -2.00. The van der Waals surface area contributed by atoms with Gasteiger partial charge in [0.2, 0.25) is 0 Å². The number of aryl methyl sites for hydroxylation is 2. The van der Waals surface area contributed by atoms with E-state index in [0.717, 1.165) is 28.3 Å².